The molecule has 0 amide bonds. The van der Waals surface area contributed by atoms with Crippen LogP contribution in [0.2, 0.25) is 39.3 Å². The highest BCUT2D eigenvalue weighted by atomic mass is 28.5. The molecule has 0 fully saturated rings. The fraction of sp³-hybridized carbons (Fsp3) is 0.700. The van der Waals surface area contributed by atoms with E-state index in [4.69, 9.17) is 30.7 Å². The van der Waals surface area contributed by atoms with Gasteiger partial charge in [-0.15, -0.1) is 0 Å². The van der Waals surface area contributed by atoms with Gasteiger partial charge in [-0.1, -0.05) is 165 Å². The molecule has 2 rings (SSSR count). The van der Waals surface area contributed by atoms with Gasteiger partial charge in [-0.25, -0.2) is 0 Å². The van der Waals surface area contributed by atoms with Crippen LogP contribution in [0.4, 0.5) is 0 Å². The number of aryl methyl sites for hydroxylation is 1. The summed E-state index contributed by atoms with van der Waals surface area (Å²) in [5, 5.41) is 2.00. The largest absolute Gasteiger partial charge is 0.536 e. The van der Waals surface area contributed by atoms with Crippen molar-refractivity contribution in [1.29, 1.82) is 0 Å². The highest BCUT2D eigenvalue weighted by molar-refractivity contribution is 6.86. The normalized spacial score (nSPS) is 9.47. The summed E-state index contributed by atoms with van der Waals surface area (Å²) in [6.07, 6.45) is 0. The Balaban J connectivity index is -0.0000000658. The van der Waals surface area contributed by atoms with Crippen LogP contribution in [0.15, 0.2) is 54.6 Å². The summed E-state index contributed by atoms with van der Waals surface area (Å²) in [7, 11) is 1.75. The van der Waals surface area contributed by atoms with Crippen molar-refractivity contribution in [2.45, 2.75) is 151 Å². The molecule has 11 heteroatoms. The zero-order chi connectivity index (χ0) is 42.0. The maximum atomic E-state index is 6.18. The topological polar surface area (TPSA) is 64.6 Å². The fourth-order valence-corrected chi connectivity index (χ4v) is 10.3. The molecule has 51 heavy (non-hydrogen) atoms. The number of rotatable bonds is 10. The second-order valence-corrected chi connectivity index (χ2v) is 25.0. The molecule has 312 valence electrons. The van der Waals surface area contributed by atoms with Crippen molar-refractivity contribution >= 4 is 44.6 Å². The fourth-order valence-electron chi connectivity index (χ4n) is 2.87. The van der Waals surface area contributed by atoms with Crippen LogP contribution in [0, 0.1) is 6.92 Å². The molecule has 0 saturated carbocycles. The van der Waals surface area contributed by atoms with E-state index in [9.17, 15) is 0 Å². The second-order valence-electron chi connectivity index (χ2n) is 9.90. The number of hydrogen-bond acceptors (Lipinski definition) is 7. The average Bonchev–Trinajstić information content (AvgIpc) is 3.18. The predicted octanol–water partition coefficient (Wildman–Crippen LogP) is 12.3. The van der Waals surface area contributed by atoms with E-state index in [0.717, 1.165) is 10.4 Å². The summed E-state index contributed by atoms with van der Waals surface area (Å²) in [4.78, 5) is 0. The molecule has 0 aliphatic rings. The Morgan fingerprint density at radius 2 is 0.608 bits per heavy atom. The first kappa shape index (κ1) is 71.4. The first-order valence-corrected chi connectivity index (χ1v) is 29.1. The lowest BCUT2D eigenvalue weighted by Gasteiger charge is -2.33. The summed E-state index contributed by atoms with van der Waals surface area (Å²) in [5.41, 5.74) is 1.22. The lowest BCUT2D eigenvalue weighted by molar-refractivity contribution is 0.140. The van der Waals surface area contributed by atoms with Crippen molar-refractivity contribution in [3.63, 3.8) is 0 Å². The molecule has 7 nitrogen and oxygen atoms in total. The highest BCUT2D eigenvalue weighted by Gasteiger charge is 2.45. The molecule has 0 bridgehead atoms. The molecular weight excluding hydrogens is 705 g/mol. The lowest BCUT2D eigenvalue weighted by Crippen LogP contribution is -2.59. The minimum atomic E-state index is -2.72. The van der Waals surface area contributed by atoms with Gasteiger partial charge in [-0.2, -0.15) is 0 Å². The maximum Gasteiger partial charge on any atom is 0.536 e. The highest BCUT2D eigenvalue weighted by Crippen LogP contribution is 2.16. The van der Waals surface area contributed by atoms with Crippen LogP contribution in [0.1, 0.15) is 110 Å². The SMILES string of the molecule is C.CC.CC.CC.CC.CC.CC.CC.CO[Si](C)(C)C.CO[Si](OC)(OC)c1ccccc1.CO[Si](OC)(O[Si](C)(C)C)c1ccc(C)cc1. The van der Waals surface area contributed by atoms with Crippen LogP contribution in [-0.4, -0.2) is 76.9 Å². The number of hydrogen-bond donors (Lipinski definition) is 0. The molecule has 0 atom stereocenters. The molecule has 0 spiro atoms. The van der Waals surface area contributed by atoms with Crippen molar-refractivity contribution in [1.82, 2.24) is 0 Å². The van der Waals surface area contributed by atoms with Crippen LogP contribution in [0.5, 0.6) is 0 Å². The van der Waals surface area contributed by atoms with E-state index in [0.29, 0.717) is 0 Å². The van der Waals surface area contributed by atoms with Crippen LogP contribution < -0.4 is 10.4 Å². The zero-order valence-corrected chi connectivity index (χ0v) is 42.6. The minimum absolute atomic E-state index is 0. The second kappa shape index (κ2) is 49.0. The van der Waals surface area contributed by atoms with E-state index in [1.165, 1.54) is 5.56 Å². The summed E-state index contributed by atoms with van der Waals surface area (Å²) in [5.74, 6) is 0. The molecule has 2 aromatic carbocycles. The molecule has 2 aromatic rings. The third-order valence-corrected chi connectivity index (χ3v) is 14.4. The van der Waals surface area contributed by atoms with Crippen molar-refractivity contribution < 1.29 is 30.7 Å². The van der Waals surface area contributed by atoms with Gasteiger partial charge in [0.2, 0.25) is 0 Å². The van der Waals surface area contributed by atoms with Gasteiger partial charge in [0.05, 0.1) is 0 Å². The smallest absolute Gasteiger partial charge is 0.421 e. The van der Waals surface area contributed by atoms with Gasteiger partial charge in [0.1, 0.15) is 0 Å². The monoisotopic (exact) mass is 799 g/mol. The average molecular weight is 800 g/mol. The van der Waals surface area contributed by atoms with Gasteiger partial charge < -0.3 is 30.7 Å². The van der Waals surface area contributed by atoms with Gasteiger partial charge in [-0.3, -0.25) is 0 Å². The Bertz CT molecular complexity index is 828. The summed E-state index contributed by atoms with van der Waals surface area (Å²) in [6, 6.07) is 17.9. The van der Waals surface area contributed by atoms with Gasteiger partial charge in [0.25, 0.3) is 0 Å². The van der Waals surface area contributed by atoms with E-state index in [-0.39, 0.29) is 7.43 Å². The molecule has 0 aliphatic heterocycles. The van der Waals surface area contributed by atoms with Crippen LogP contribution in [0.3, 0.4) is 0 Å². The van der Waals surface area contributed by atoms with E-state index < -0.39 is 34.2 Å². The van der Waals surface area contributed by atoms with Gasteiger partial charge in [-0.05, 0) is 46.2 Å². The van der Waals surface area contributed by atoms with Crippen LogP contribution in [0.25, 0.3) is 0 Å². The van der Waals surface area contributed by atoms with Gasteiger partial charge in [0, 0.05) is 53.0 Å². The Labute approximate surface area is 327 Å². The molecule has 0 radical (unpaired) electrons. The third-order valence-electron chi connectivity index (χ3n) is 4.93. The summed E-state index contributed by atoms with van der Waals surface area (Å²) < 4.78 is 38.4. The lowest BCUT2D eigenvalue weighted by atomic mass is 10.2. The molecule has 0 saturated heterocycles. The quantitative estimate of drug-likeness (QED) is 0.222. The summed E-state index contributed by atoms with van der Waals surface area (Å²) >= 11 is 0. The van der Waals surface area contributed by atoms with E-state index in [1.807, 2.05) is 139 Å². The van der Waals surface area contributed by atoms with E-state index >= 15 is 0 Å². The first-order chi connectivity index (χ1) is 23.7. The molecule has 0 unspecified atom stereocenters. The van der Waals surface area contributed by atoms with Crippen molar-refractivity contribution in [2.75, 3.05) is 42.7 Å². The molecule has 0 aliphatic carbocycles. The maximum absolute atomic E-state index is 6.18. The molecule has 0 heterocycles. The van der Waals surface area contributed by atoms with Crippen LogP contribution >= 0.6 is 0 Å². The van der Waals surface area contributed by atoms with Crippen molar-refractivity contribution in [2.24, 2.45) is 0 Å². The van der Waals surface area contributed by atoms with Gasteiger partial charge >= 0.3 is 17.6 Å². The minimum Gasteiger partial charge on any atom is -0.421 e. The van der Waals surface area contributed by atoms with Gasteiger partial charge in [0.15, 0.2) is 16.6 Å². The van der Waals surface area contributed by atoms with Crippen LogP contribution in [-0.2, 0) is 30.7 Å². The Hall–Kier alpha value is -0.972. The predicted molar refractivity (Wildman–Crippen MR) is 244 cm³/mol. The molecular formula is C40H94O7Si4. The third kappa shape index (κ3) is 38.6. The van der Waals surface area contributed by atoms with E-state index in [1.54, 1.807) is 42.7 Å². The molecule has 0 aromatic heterocycles. The summed E-state index contributed by atoms with van der Waals surface area (Å²) in [6.45, 7) is 43.0. The number of benzene rings is 2. The van der Waals surface area contributed by atoms with Crippen molar-refractivity contribution in [3.05, 3.63) is 60.2 Å². The van der Waals surface area contributed by atoms with E-state index in [2.05, 4.69) is 58.3 Å². The Morgan fingerprint density at radius 1 is 0.353 bits per heavy atom. The Morgan fingerprint density at radius 3 is 0.824 bits per heavy atom. The molecule has 0 N–H and O–H groups in total. The zero-order valence-electron chi connectivity index (χ0n) is 38.6. The van der Waals surface area contributed by atoms with Crippen molar-refractivity contribution in [3.8, 4) is 0 Å². The first-order valence-electron chi connectivity index (χ1n) is 18.8. The standard InChI is InChI=1S/C12H22O3Si2.C9H14O3Si.C4H12OSi.7C2H6.CH4/c1-11-7-9-12(10-8-11)17(13-2,14-3)15-16(4,5)6;1-10-13(11-2,12-3)9-7-5-4-6-8-9;1-5-6(2,3)4;7*1-2;/h7-10H,1-6H3;4-8H,1-3H3;1-4H3;7*1-2H3;1H4. The Kier molecular flexibility index (Phi) is 68.7.